The maximum atomic E-state index is 9.84. The van der Waals surface area contributed by atoms with Crippen LogP contribution in [-0.2, 0) is 18.8 Å². The minimum atomic E-state index is -4.64. The van der Waals surface area contributed by atoms with Crippen molar-refractivity contribution in [3.05, 3.63) is 12.7 Å². The van der Waals surface area contributed by atoms with Gasteiger partial charge in [-0.25, -0.2) is 9.36 Å². The van der Waals surface area contributed by atoms with Gasteiger partial charge < -0.3 is 24.2 Å². The van der Waals surface area contributed by atoms with Crippen molar-refractivity contribution in [3.8, 4) is 0 Å². The van der Waals surface area contributed by atoms with Crippen molar-refractivity contribution in [1.82, 2.24) is 0 Å². The van der Waals surface area contributed by atoms with Crippen LogP contribution in [0.5, 0.6) is 0 Å². The largest absolute Gasteiger partial charge is 0.466 e. The zero-order valence-corrected chi connectivity index (χ0v) is 9.39. The zero-order valence-electron chi connectivity index (χ0n) is 8.49. The van der Waals surface area contributed by atoms with Gasteiger partial charge in [-0.15, -0.1) is 0 Å². The number of rotatable bonds is 1. The maximum Gasteiger partial charge on any atom is 0.466 e. The van der Waals surface area contributed by atoms with E-state index in [9.17, 15) is 4.79 Å². The number of methoxy groups -OCH3 is 1. The molecule has 0 amide bonds. The van der Waals surface area contributed by atoms with Crippen molar-refractivity contribution in [2.24, 2.45) is 0 Å². The summed E-state index contributed by atoms with van der Waals surface area (Å²) < 4.78 is 17.7. The molecule has 1 heterocycles. The molecule has 1 atom stereocenters. The highest BCUT2D eigenvalue weighted by Crippen LogP contribution is 2.25. The molecule has 0 radical (unpaired) electrons. The smallest absolute Gasteiger partial charge is 0.466 e. The SMILES string of the molecule is C=CC(=O)OC.CC1CO1.O=P(O)(O)O. The Morgan fingerprint density at radius 3 is 1.87 bits per heavy atom. The summed E-state index contributed by atoms with van der Waals surface area (Å²) in [5, 5.41) is 0. The van der Waals surface area contributed by atoms with Crippen molar-refractivity contribution in [2.75, 3.05) is 13.7 Å². The predicted molar refractivity (Wildman–Crippen MR) is 51.9 cm³/mol. The molecular formula is C7H15O7P. The molecule has 90 valence electrons. The van der Waals surface area contributed by atoms with E-state index in [0.717, 1.165) is 12.7 Å². The second kappa shape index (κ2) is 8.58. The van der Waals surface area contributed by atoms with Crippen LogP contribution in [0.4, 0.5) is 0 Å². The predicted octanol–water partition coefficient (Wildman–Crippen LogP) is -0.178. The number of phosphoric acid groups is 1. The highest BCUT2D eigenvalue weighted by molar-refractivity contribution is 7.45. The first-order valence-corrected chi connectivity index (χ1v) is 5.37. The molecule has 1 unspecified atom stereocenters. The Morgan fingerprint density at radius 2 is 1.87 bits per heavy atom. The van der Waals surface area contributed by atoms with Gasteiger partial charge in [-0.1, -0.05) is 6.58 Å². The van der Waals surface area contributed by atoms with Crippen molar-refractivity contribution in [2.45, 2.75) is 13.0 Å². The molecule has 0 aliphatic carbocycles. The summed E-state index contributed by atoms with van der Waals surface area (Å²) in [4.78, 5) is 31.4. The van der Waals surface area contributed by atoms with Gasteiger partial charge in [0.2, 0.25) is 0 Å². The van der Waals surface area contributed by atoms with Crippen LogP contribution >= 0.6 is 7.82 Å². The van der Waals surface area contributed by atoms with E-state index in [4.69, 9.17) is 24.0 Å². The molecule has 3 N–H and O–H groups in total. The second-order valence-corrected chi connectivity index (χ2v) is 3.41. The molecule has 0 bridgehead atoms. The Bertz CT molecular complexity index is 221. The van der Waals surface area contributed by atoms with Crippen molar-refractivity contribution >= 4 is 13.8 Å². The summed E-state index contributed by atoms with van der Waals surface area (Å²) in [6, 6.07) is 0. The first-order chi connectivity index (χ1) is 6.70. The number of carbonyl (C=O) groups excluding carboxylic acids is 1. The van der Waals surface area contributed by atoms with Gasteiger partial charge in [-0.3, -0.25) is 0 Å². The van der Waals surface area contributed by atoms with E-state index in [1.165, 1.54) is 7.11 Å². The summed E-state index contributed by atoms with van der Waals surface area (Å²) in [6.07, 6.45) is 1.69. The number of hydrogen-bond donors (Lipinski definition) is 3. The Morgan fingerprint density at radius 1 is 1.60 bits per heavy atom. The quantitative estimate of drug-likeness (QED) is 0.253. The topological polar surface area (TPSA) is 117 Å². The molecule has 8 heteroatoms. The molecule has 0 spiro atoms. The van der Waals surface area contributed by atoms with E-state index in [0.29, 0.717) is 6.10 Å². The number of ether oxygens (including phenoxy) is 2. The Kier molecular flexibility index (Phi) is 9.55. The Labute approximate surface area is 87.6 Å². The van der Waals surface area contributed by atoms with Gasteiger partial charge in [0, 0.05) is 6.08 Å². The number of carbonyl (C=O) groups is 1. The van der Waals surface area contributed by atoms with Gasteiger partial charge in [0.05, 0.1) is 19.8 Å². The number of esters is 1. The van der Waals surface area contributed by atoms with E-state index in [1.807, 2.05) is 0 Å². The molecule has 1 rings (SSSR count). The minimum absolute atomic E-state index is 0.394. The fourth-order valence-corrected chi connectivity index (χ4v) is 0.180. The van der Waals surface area contributed by atoms with Crippen molar-refractivity contribution in [1.29, 1.82) is 0 Å². The fraction of sp³-hybridized carbons (Fsp3) is 0.571. The molecule has 0 aromatic carbocycles. The highest BCUT2D eigenvalue weighted by Gasteiger charge is 2.13. The van der Waals surface area contributed by atoms with E-state index in [2.05, 4.69) is 18.2 Å². The summed E-state index contributed by atoms with van der Waals surface area (Å²) >= 11 is 0. The molecule has 7 nitrogen and oxygen atoms in total. The Hall–Kier alpha value is -0.720. The van der Waals surface area contributed by atoms with Gasteiger partial charge in [-0.05, 0) is 6.92 Å². The molecule has 1 aliphatic rings. The van der Waals surface area contributed by atoms with Crippen LogP contribution in [0.25, 0.3) is 0 Å². The molecule has 0 aromatic heterocycles. The second-order valence-electron chi connectivity index (χ2n) is 2.38. The van der Waals surface area contributed by atoms with E-state index in [-0.39, 0.29) is 0 Å². The third-order valence-electron chi connectivity index (χ3n) is 0.868. The van der Waals surface area contributed by atoms with Crippen molar-refractivity contribution < 1.29 is 33.5 Å². The van der Waals surface area contributed by atoms with Crippen molar-refractivity contribution in [3.63, 3.8) is 0 Å². The van der Waals surface area contributed by atoms with Crippen LogP contribution in [-0.4, -0.2) is 40.5 Å². The molecule has 0 aromatic rings. The molecule has 1 fully saturated rings. The summed E-state index contributed by atoms with van der Waals surface area (Å²) in [7, 11) is -3.33. The van der Waals surface area contributed by atoms with Gasteiger partial charge in [0.1, 0.15) is 0 Å². The molecule has 1 saturated heterocycles. The number of hydrogen-bond acceptors (Lipinski definition) is 4. The zero-order chi connectivity index (χ0) is 12.5. The van der Waals surface area contributed by atoms with E-state index >= 15 is 0 Å². The van der Waals surface area contributed by atoms with Crippen LogP contribution in [0.3, 0.4) is 0 Å². The third-order valence-corrected chi connectivity index (χ3v) is 0.868. The molecule has 1 aliphatic heterocycles. The monoisotopic (exact) mass is 242 g/mol. The van der Waals surface area contributed by atoms with E-state index in [1.54, 1.807) is 0 Å². The highest BCUT2D eigenvalue weighted by atomic mass is 31.2. The molecular weight excluding hydrogens is 227 g/mol. The summed E-state index contributed by atoms with van der Waals surface area (Å²) in [5.74, 6) is -0.394. The summed E-state index contributed by atoms with van der Waals surface area (Å²) in [6.45, 7) is 6.20. The van der Waals surface area contributed by atoms with E-state index < -0.39 is 13.8 Å². The van der Waals surface area contributed by atoms with Crippen LogP contribution < -0.4 is 0 Å². The lowest BCUT2D eigenvalue weighted by molar-refractivity contribution is -0.134. The minimum Gasteiger partial charge on any atom is -0.466 e. The van der Waals surface area contributed by atoms with Crippen LogP contribution in [0, 0.1) is 0 Å². The first kappa shape index (κ1) is 16.7. The third kappa shape index (κ3) is 42.8. The fourth-order valence-electron chi connectivity index (χ4n) is 0.180. The average molecular weight is 242 g/mol. The molecule has 0 saturated carbocycles. The first-order valence-electron chi connectivity index (χ1n) is 3.81. The normalized spacial score (nSPS) is 17.3. The lowest BCUT2D eigenvalue weighted by Crippen LogP contribution is -1.91. The maximum absolute atomic E-state index is 9.84. The Balaban J connectivity index is 0. The summed E-state index contributed by atoms with van der Waals surface area (Å²) in [5.41, 5.74) is 0. The van der Waals surface area contributed by atoms with Crippen LogP contribution in [0.2, 0.25) is 0 Å². The molecule has 15 heavy (non-hydrogen) atoms. The van der Waals surface area contributed by atoms with Gasteiger partial charge in [0.15, 0.2) is 0 Å². The van der Waals surface area contributed by atoms with Gasteiger partial charge >= 0.3 is 13.8 Å². The van der Waals surface area contributed by atoms with Crippen LogP contribution in [0.1, 0.15) is 6.92 Å². The lowest BCUT2D eigenvalue weighted by Gasteiger charge is -1.83. The number of epoxide rings is 1. The average Bonchev–Trinajstić information content (AvgIpc) is 2.84. The van der Waals surface area contributed by atoms with Gasteiger partial charge in [-0.2, -0.15) is 0 Å². The van der Waals surface area contributed by atoms with Gasteiger partial charge in [0.25, 0.3) is 0 Å². The lowest BCUT2D eigenvalue weighted by atomic mass is 10.6. The van der Waals surface area contributed by atoms with Crippen LogP contribution in [0.15, 0.2) is 12.7 Å². The standard InChI is InChI=1S/C4H6O2.C3H6O.H3O4P/c1-3-4(5)6-2;1-3-2-4-3;1-5(2,3)4/h3H,1H2,2H3;3H,2H2,1H3;(H3,1,2,3,4).